The number of nitrogens with two attached hydrogens (primary N) is 1. The monoisotopic (exact) mass is 412 g/mol. The molecule has 0 aliphatic rings. The molecule has 0 radical (unpaired) electrons. The highest BCUT2D eigenvalue weighted by Gasteiger charge is 2.16. The Morgan fingerprint density at radius 3 is 2.50 bits per heavy atom. The molecule has 0 aromatic heterocycles. The molecule has 2 aromatic rings. The zero-order valence-corrected chi connectivity index (χ0v) is 15.0. The van der Waals surface area contributed by atoms with Crippen molar-refractivity contribution >= 4 is 37.5 Å². The van der Waals surface area contributed by atoms with E-state index in [2.05, 4.69) is 21.2 Å². The lowest BCUT2D eigenvalue weighted by molar-refractivity contribution is -0.114. The minimum atomic E-state index is -3.88. The Balaban J connectivity index is 2.43. The Kier molecular flexibility index (Phi) is 5.53. The minimum Gasteiger partial charge on any atom is -0.319 e. The first-order valence-corrected chi connectivity index (χ1v) is 9.13. The number of carbonyl (C=O) groups excluding carboxylic acids is 1. The highest BCUT2D eigenvalue weighted by Crippen LogP contribution is 2.32. The number of rotatable bonds is 4. The lowest BCUT2D eigenvalue weighted by Crippen LogP contribution is -2.13. The second kappa shape index (κ2) is 7.25. The summed E-state index contributed by atoms with van der Waals surface area (Å²) >= 11 is 3.28. The van der Waals surface area contributed by atoms with E-state index >= 15 is 0 Å². The van der Waals surface area contributed by atoms with Gasteiger partial charge >= 0.3 is 0 Å². The Bertz CT molecular complexity index is 927. The maximum atomic E-state index is 13.2. The molecular formula is C16H14BrFN2O3S. The van der Waals surface area contributed by atoms with Gasteiger partial charge in [0.15, 0.2) is 5.83 Å². The van der Waals surface area contributed by atoms with Crippen LogP contribution >= 0.6 is 15.9 Å². The van der Waals surface area contributed by atoms with E-state index in [0.29, 0.717) is 21.3 Å². The van der Waals surface area contributed by atoms with Crippen LogP contribution in [-0.2, 0) is 14.8 Å². The summed E-state index contributed by atoms with van der Waals surface area (Å²) in [5, 5.41) is 7.65. The molecule has 24 heavy (non-hydrogen) atoms. The number of primary sulfonamides is 1. The molecule has 0 aliphatic heterocycles. The van der Waals surface area contributed by atoms with Crippen molar-refractivity contribution in [3.05, 3.63) is 58.8 Å². The molecule has 1 amide bonds. The van der Waals surface area contributed by atoms with Crippen molar-refractivity contribution in [2.45, 2.75) is 11.8 Å². The molecular weight excluding hydrogens is 399 g/mol. The van der Waals surface area contributed by atoms with Gasteiger partial charge in [0.05, 0.1) is 10.6 Å². The van der Waals surface area contributed by atoms with Gasteiger partial charge in [0.1, 0.15) is 0 Å². The summed E-state index contributed by atoms with van der Waals surface area (Å²) in [5.74, 6) is -1.76. The Hall–Kier alpha value is -2.03. The maximum Gasteiger partial charge on any atom is 0.284 e. The second-order valence-electron chi connectivity index (χ2n) is 4.83. The number of halogens is 2. The van der Waals surface area contributed by atoms with Crippen molar-refractivity contribution in [3.63, 3.8) is 0 Å². The molecule has 2 rings (SSSR count). The number of hydrogen-bond donors (Lipinski definition) is 2. The van der Waals surface area contributed by atoms with Crippen LogP contribution in [0.25, 0.3) is 11.1 Å². The van der Waals surface area contributed by atoms with Gasteiger partial charge in [-0.25, -0.2) is 17.9 Å². The summed E-state index contributed by atoms with van der Waals surface area (Å²) in [7, 11) is -3.88. The predicted molar refractivity (Wildman–Crippen MR) is 94.4 cm³/mol. The third-order valence-corrected chi connectivity index (χ3v) is 4.82. The molecule has 0 saturated carbocycles. The zero-order chi connectivity index (χ0) is 17.9. The van der Waals surface area contributed by atoms with E-state index in [0.717, 1.165) is 6.08 Å². The van der Waals surface area contributed by atoms with Gasteiger partial charge < -0.3 is 5.32 Å². The van der Waals surface area contributed by atoms with Crippen LogP contribution in [0, 0.1) is 0 Å². The summed E-state index contributed by atoms with van der Waals surface area (Å²) in [6, 6.07) is 11.1. The van der Waals surface area contributed by atoms with E-state index in [9.17, 15) is 17.6 Å². The van der Waals surface area contributed by atoms with E-state index in [1.807, 2.05) is 0 Å². The number of allylic oxidation sites excluding steroid dienone is 1. The smallest absolute Gasteiger partial charge is 0.284 e. The topological polar surface area (TPSA) is 89.3 Å². The molecule has 0 atom stereocenters. The van der Waals surface area contributed by atoms with E-state index in [-0.39, 0.29) is 4.90 Å². The van der Waals surface area contributed by atoms with E-state index in [4.69, 9.17) is 5.14 Å². The lowest BCUT2D eigenvalue weighted by atomic mass is 10.1. The van der Waals surface area contributed by atoms with E-state index < -0.39 is 21.8 Å². The standard InChI is InChI=1S/C16H14BrFN2O3S/c1-2-13(18)16(21)20-14-8-7-10(9-12(14)17)11-5-3-4-6-15(11)24(19,22)23/h2-9H,1H3,(H,20,21)(H2,19,22,23)/b13-2-. The SMILES string of the molecule is C/C=C(\F)C(=O)Nc1ccc(-c2ccccc2S(N)(=O)=O)cc1Br. The molecule has 0 aliphatic carbocycles. The molecule has 0 saturated heterocycles. The fraction of sp³-hybridized carbons (Fsp3) is 0.0625. The van der Waals surface area contributed by atoms with Crippen LogP contribution in [0.4, 0.5) is 10.1 Å². The largest absolute Gasteiger partial charge is 0.319 e. The summed E-state index contributed by atoms with van der Waals surface area (Å²) in [5.41, 5.74) is 1.36. The van der Waals surface area contributed by atoms with Gasteiger partial charge in [-0.1, -0.05) is 24.3 Å². The van der Waals surface area contributed by atoms with Gasteiger partial charge in [-0.2, -0.15) is 0 Å². The third kappa shape index (κ3) is 4.08. The van der Waals surface area contributed by atoms with Gasteiger partial charge in [0.25, 0.3) is 5.91 Å². The van der Waals surface area contributed by atoms with Crippen LogP contribution in [0.5, 0.6) is 0 Å². The molecule has 3 N–H and O–H groups in total. The molecule has 126 valence electrons. The van der Waals surface area contributed by atoms with Crippen molar-refractivity contribution in [2.75, 3.05) is 5.32 Å². The van der Waals surface area contributed by atoms with Gasteiger partial charge in [-0.05, 0) is 52.7 Å². The summed E-state index contributed by atoms with van der Waals surface area (Å²) in [4.78, 5) is 11.6. The Labute approximate surface area is 147 Å². The average Bonchev–Trinajstić information content (AvgIpc) is 2.55. The average molecular weight is 413 g/mol. The fourth-order valence-electron chi connectivity index (χ4n) is 2.05. The number of sulfonamides is 1. The summed E-state index contributed by atoms with van der Waals surface area (Å²) in [6.07, 6.45) is 1.06. The first kappa shape index (κ1) is 18.3. The lowest BCUT2D eigenvalue weighted by Gasteiger charge is -2.11. The molecule has 0 fully saturated rings. The normalized spacial score (nSPS) is 12.1. The highest BCUT2D eigenvalue weighted by molar-refractivity contribution is 9.10. The molecule has 0 unspecified atom stereocenters. The Morgan fingerprint density at radius 1 is 1.25 bits per heavy atom. The third-order valence-electron chi connectivity index (χ3n) is 3.19. The van der Waals surface area contributed by atoms with Crippen LogP contribution in [0.2, 0.25) is 0 Å². The summed E-state index contributed by atoms with van der Waals surface area (Å²) < 4.78 is 37.1. The van der Waals surface area contributed by atoms with Crippen molar-refractivity contribution in [1.82, 2.24) is 0 Å². The van der Waals surface area contributed by atoms with Crippen LogP contribution in [0.3, 0.4) is 0 Å². The predicted octanol–water partition coefficient (Wildman–Crippen LogP) is 3.58. The molecule has 8 heteroatoms. The zero-order valence-electron chi connectivity index (χ0n) is 12.6. The molecule has 0 bridgehead atoms. The van der Waals surface area contributed by atoms with Gasteiger partial charge in [-0.3, -0.25) is 4.79 Å². The van der Waals surface area contributed by atoms with E-state index in [1.165, 1.54) is 13.0 Å². The van der Waals surface area contributed by atoms with Crippen molar-refractivity contribution in [2.24, 2.45) is 5.14 Å². The van der Waals surface area contributed by atoms with Gasteiger partial charge in [0, 0.05) is 10.0 Å². The number of benzene rings is 2. The maximum absolute atomic E-state index is 13.2. The first-order chi connectivity index (χ1) is 11.2. The van der Waals surface area contributed by atoms with Crippen molar-refractivity contribution in [3.8, 4) is 11.1 Å². The van der Waals surface area contributed by atoms with Gasteiger partial charge in [0.2, 0.25) is 10.0 Å². The van der Waals surface area contributed by atoms with Crippen molar-refractivity contribution in [1.29, 1.82) is 0 Å². The van der Waals surface area contributed by atoms with Crippen LogP contribution < -0.4 is 10.5 Å². The molecule has 0 spiro atoms. The minimum absolute atomic E-state index is 0.00588. The van der Waals surface area contributed by atoms with Crippen molar-refractivity contribution < 1.29 is 17.6 Å². The first-order valence-electron chi connectivity index (χ1n) is 6.79. The molecule has 0 heterocycles. The molecule has 2 aromatic carbocycles. The van der Waals surface area contributed by atoms with Crippen LogP contribution in [0.15, 0.2) is 63.7 Å². The summed E-state index contributed by atoms with van der Waals surface area (Å²) in [6.45, 7) is 1.41. The number of carbonyl (C=O) groups is 1. The number of anilines is 1. The quantitative estimate of drug-likeness (QED) is 0.751. The number of hydrogen-bond acceptors (Lipinski definition) is 3. The highest BCUT2D eigenvalue weighted by atomic mass is 79.9. The van der Waals surface area contributed by atoms with Crippen LogP contribution in [-0.4, -0.2) is 14.3 Å². The van der Waals surface area contributed by atoms with E-state index in [1.54, 1.807) is 36.4 Å². The molecule has 5 nitrogen and oxygen atoms in total. The van der Waals surface area contributed by atoms with Crippen LogP contribution in [0.1, 0.15) is 6.92 Å². The number of amides is 1. The fourth-order valence-corrected chi connectivity index (χ4v) is 3.29. The second-order valence-corrected chi connectivity index (χ2v) is 7.21. The Morgan fingerprint density at radius 2 is 1.92 bits per heavy atom. The number of nitrogens with one attached hydrogen (secondary N) is 1. The van der Waals surface area contributed by atoms with Gasteiger partial charge in [-0.15, -0.1) is 0 Å².